The van der Waals surface area contributed by atoms with E-state index in [1.807, 2.05) is 18.3 Å². The molecule has 2 fully saturated rings. The fraction of sp³-hybridized carbons (Fsp3) is 0.444. The number of anilines is 1. The van der Waals surface area contributed by atoms with E-state index >= 15 is 0 Å². The van der Waals surface area contributed by atoms with Gasteiger partial charge in [0.25, 0.3) is 0 Å². The molecule has 0 unspecified atom stereocenters. The van der Waals surface area contributed by atoms with Crippen molar-refractivity contribution >= 4 is 28.6 Å². The molecule has 3 aromatic heterocycles. The van der Waals surface area contributed by atoms with Gasteiger partial charge in [-0.3, -0.25) is 5.10 Å². The van der Waals surface area contributed by atoms with Gasteiger partial charge in [-0.05, 0) is 36.8 Å². The van der Waals surface area contributed by atoms with Gasteiger partial charge >= 0.3 is 0 Å². The Bertz CT molecular complexity index is 942. The number of fused-ring (bicyclic) bond motifs is 1. The predicted octanol–water partition coefficient (Wildman–Crippen LogP) is 3.08. The molecule has 2 aliphatic rings. The number of nitrogens with zero attached hydrogens (tertiary/aromatic N) is 5. The lowest BCUT2D eigenvalue weighted by Crippen LogP contribution is -2.40. The number of aromatic nitrogens is 5. The molecule has 0 aromatic carbocycles. The van der Waals surface area contributed by atoms with Crippen LogP contribution in [-0.2, 0) is 4.74 Å². The highest BCUT2D eigenvalue weighted by molar-refractivity contribution is 6.32. The molecule has 1 spiro atoms. The van der Waals surface area contributed by atoms with Crippen molar-refractivity contribution in [1.82, 2.24) is 25.1 Å². The first-order chi connectivity index (χ1) is 12.7. The molecule has 2 saturated heterocycles. The standard InChI is InChI=1S/C18H19ClN6O/c19-16-12(2-1-6-20-16)14-15-17(24-23-14)22-13(10-21-15)25-7-3-18(4-8-25)5-9-26-11-18/h1-2,6,10H,3-5,7-9,11H2,(H,22,23,24). The summed E-state index contributed by atoms with van der Waals surface area (Å²) in [7, 11) is 0. The highest BCUT2D eigenvalue weighted by Crippen LogP contribution is 2.40. The fourth-order valence-electron chi connectivity index (χ4n) is 3.95. The van der Waals surface area contributed by atoms with Gasteiger partial charge in [0, 0.05) is 31.5 Å². The number of ether oxygens (including phenoxy) is 1. The highest BCUT2D eigenvalue weighted by atomic mass is 35.5. The van der Waals surface area contributed by atoms with Gasteiger partial charge in [0.05, 0.1) is 12.8 Å². The summed E-state index contributed by atoms with van der Waals surface area (Å²) in [5.74, 6) is 0.888. The largest absolute Gasteiger partial charge is 0.381 e. The summed E-state index contributed by atoms with van der Waals surface area (Å²) in [6.07, 6.45) is 6.96. The van der Waals surface area contributed by atoms with Crippen molar-refractivity contribution < 1.29 is 4.74 Å². The van der Waals surface area contributed by atoms with E-state index in [1.165, 1.54) is 6.42 Å². The Morgan fingerprint density at radius 3 is 2.85 bits per heavy atom. The van der Waals surface area contributed by atoms with Crippen LogP contribution in [0.5, 0.6) is 0 Å². The Kier molecular flexibility index (Phi) is 3.79. The van der Waals surface area contributed by atoms with E-state index in [2.05, 4.69) is 25.1 Å². The van der Waals surface area contributed by atoms with Crippen molar-refractivity contribution in [3.63, 3.8) is 0 Å². The predicted molar refractivity (Wildman–Crippen MR) is 99.2 cm³/mol. The number of rotatable bonds is 2. The van der Waals surface area contributed by atoms with Crippen LogP contribution in [0, 0.1) is 5.41 Å². The molecule has 1 N–H and O–H groups in total. The van der Waals surface area contributed by atoms with Crippen LogP contribution < -0.4 is 4.90 Å². The molecule has 26 heavy (non-hydrogen) atoms. The van der Waals surface area contributed by atoms with Gasteiger partial charge in [-0.2, -0.15) is 5.10 Å². The second-order valence-electron chi connectivity index (χ2n) is 7.13. The Labute approximate surface area is 155 Å². The van der Waals surface area contributed by atoms with E-state index in [4.69, 9.17) is 21.3 Å². The first kappa shape index (κ1) is 16.0. The van der Waals surface area contributed by atoms with E-state index in [1.54, 1.807) is 6.20 Å². The van der Waals surface area contributed by atoms with Gasteiger partial charge in [-0.15, -0.1) is 0 Å². The van der Waals surface area contributed by atoms with Gasteiger partial charge in [0.15, 0.2) is 5.65 Å². The topological polar surface area (TPSA) is 79.8 Å². The monoisotopic (exact) mass is 370 g/mol. The quantitative estimate of drug-likeness (QED) is 0.698. The molecule has 7 nitrogen and oxygen atoms in total. The van der Waals surface area contributed by atoms with E-state index in [9.17, 15) is 0 Å². The van der Waals surface area contributed by atoms with Gasteiger partial charge in [0.1, 0.15) is 22.2 Å². The summed E-state index contributed by atoms with van der Waals surface area (Å²) in [5, 5.41) is 7.76. The van der Waals surface area contributed by atoms with Crippen LogP contribution in [0.15, 0.2) is 24.5 Å². The maximum Gasteiger partial charge on any atom is 0.177 e. The molecule has 134 valence electrons. The van der Waals surface area contributed by atoms with Crippen LogP contribution in [0.3, 0.4) is 0 Å². The van der Waals surface area contributed by atoms with Crippen LogP contribution in [0.25, 0.3) is 22.4 Å². The van der Waals surface area contributed by atoms with Gasteiger partial charge in [-0.1, -0.05) is 11.6 Å². The van der Waals surface area contributed by atoms with Crippen LogP contribution >= 0.6 is 11.6 Å². The number of hydrogen-bond acceptors (Lipinski definition) is 6. The van der Waals surface area contributed by atoms with E-state index in [-0.39, 0.29) is 0 Å². The molecule has 0 bridgehead atoms. The normalized spacial score (nSPS) is 19.5. The molecule has 0 atom stereocenters. The molecule has 0 aliphatic carbocycles. The van der Waals surface area contributed by atoms with Crippen LogP contribution in [-0.4, -0.2) is 51.5 Å². The highest BCUT2D eigenvalue weighted by Gasteiger charge is 2.38. The van der Waals surface area contributed by atoms with Gasteiger partial charge in [0.2, 0.25) is 0 Å². The van der Waals surface area contributed by atoms with Crippen LogP contribution in [0.4, 0.5) is 5.82 Å². The zero-order valence-corrected chi connectivity index (χ0v) is 15.0. The number of H-pyrrole nitrogens is 1. The average molecular weight is 371 g/mol. The molecule has 5 heterocycles. The first-order valence-electron chi connectivity index (χ1n) is 8.89. The number of pyridine rings is 1. The minimum Gasteiger partial charge on any atom is -0.381 e. The first-order valence-corrected chi connectivity index (χ1v) is 9.27. The van der Waals surface area contributed by atoms with E-state index in [0.29, 0.717) is 27.4 Å². The summed E-state index contributed by atoms with van der Waals surface area (Å²) >= 11 is 6.20. The SMILES string of the molecule is Clc1ncccc1-c1n[nH]c2nc(N3CCC4(CCOC4)CC3)cnc12. The summed E-state index contributed by atoms with van der Waals surface area (Å²) < 4.78 is 5.62. The van der Waals surface area contributed by atoms with Crippen LogP contribution in [0.2, 0.25) is 5.15 Å². The second kappa shape index (κ2) is 6.17. The third-order valence-corrected chi connectivity index (χ3v) is 5.91. The number of nitrogens with one attached hydrogen (secondary N) is 1. The molecular formula is C18H19ClN6O. The van der Waals surface area contributed by atoms with E-state index < -0.39 is 0 Å². The summed E-state index contributed by atoms with van der Waals surface area (Å²) in [5.41, 5.74) is 3.19. The molecule has 5 rings (SSSR count). The Morgan fingerprint density at radius 1 is 1.19 bits per heavy atom. The third kappa shape index (κ3) is 2.62. The number of piperidine rings is 1. The molecule has 3 aromatic rings. The van der Waals surface area contributed by atoms with Crippen molar-refractivity contribution in [3.05, 3.63) is 29.7 Å². The molecule has 0 radical (unpaired) electrons. The fourth-order valence-corrected chi connectivity index (χ4v) is 4.16. The van der Waals surface area contributed by atoms with Crippen molar-refractivity contribution in [2.75, 3.05) is 31.2 Å². The Balaban J connectivity index is 1.42. The molecule has 0 saturated carbocycles. The third-order valence-electron chi connectivity index (χ3n) is 5.60. The zero-order valence-electron chi connectivity index (χ0n) is 14.3. The van der Waals surface area contributed by atoms with Gasteiger partial charge < -0.3 is 9.64 Å². The maximum atomic E-state index is 6.20. The zero-order chi connectivity index (χ0) is 17.6. The number of halogens is 1. The second-order valence-corrected chi connectivity index (χ2v) is 7.49. The van der Waals surface area contributed by atoms with Crippen molar-refractivity contribution in [3.8, 4) is 11.3 Å². The van der Waals surface area contributed by atoms with Crippen molar-refractivity contribution in [2.24, 2.45) is 5.41 Å². The maximum absolute atomic E-state index is 6.20. The lowest BCUT2D eigenvalue weighted by molar-refractivity contribution is 0.133. The van der Waals surface area contributed by atoms with Crippen molar-refractivity contribution in [1.29, 1.82) is 0 Å². The molecule has 8 heteroatoms. The minimum atomic E-state index is 0.381. The summed E-state index contributed by atoms with van der Waals surface area (Å²) in [6, 6.07) is 3.72. The van der Waals surface area contributed by atoms with Crippen LogP contribution in [0.1, 0.15) is 19.3 Å². The molecule has 2 aliphatic heterocycles. The summed E-state index contributed by atoms with van der Waals surface area (Å²) in [6.45, 7) is 3.78. The summed E-state index contributed by atoms with van der Waals surface area (Å²) in [4.78, 5) is 15.8. The number of aromatic amines is 1. The molecular weight excluding hydrogens is 352 g/mol. The van der Waals surface area contributed by atoms with Crippen molar-refractivity contribution in [2.45, 2.75) is 19.3 Å². The number of hydrogen-bond donors (Lipinski definition) is 1. The Hall–Kier alpha value is -2.25. The van der Waals surface area contributed by atoms with Gasteiger partial charge in [-0.25, -0.2) is 15.0 Å². The van der Waals surface area contributed by atoms with E-state index in [0.717, 1.165) is 50.5 Å². The lowest BCUT2D eigenvalue weighted by Gasteiger charge is -2.38. The lowest BCUT2D eigenvalue weighted by atomic mass is 9.78. The molecule has 0 amide bonds. The Morgan fingerprint density at radius 2 is 2.08 bits per heavy atom. The minimum absolute atomic E-state index is 0.381. The average Bonchev–Trinajstić information content (AvgIpc) is 3.30. The smallest absolute Gasteiger partial charge is 0.177 e.